The number of halogens is 2. The van der Waals surface area contributed by atoms with Crippen LogP contribution in [0.15, 0.2) is 41.4 Å². The number of sulfonamides is 1. The summed E-state index contributed by atoms with van der Waals surface area (Å²) in [5.74, 6) is 0.0367. The van der Waals surface area contributed by atoms with Gasteiger partial charge in [-0.15, -0.1) is 0 Å². The Balaban J connectivity index is 2.38. The molecule has 0 aliphatic carbocycles. The van der Waals surface area contributed by atoms with E-state index in [1.807, 2.05) is 0 Å². The number of nitrogens with zero attached hydrogens (tertiary/aromatic N) is 1. The molecule has 0 bridgehead atoms. The Labute approximate surface area is 126 Å². The van der Waals surface area contributed by atoms with Crippen molar-refractivity contribution in [3.05, 3.63) is 52.1 Å². The van der Waals surface area contributed by atoms with Gasteiger partial charge in [0.2, 0.25) is 0 Å². The molecule has 0 saturated carbocycles. The fourth-order valence-electron chi connectivity index (χ4n) is 1.49. The van der Waals surface area contributed by atoms with E-state index in [0.717, 1.165) is 0 Å². The van der Waals surface area contributed by atoms with Gasteiger partial charge in [0.05, 0.1) is 16.5 Å². The maximum Gasteiger partial charge on any atom is 0.263 e. The summed E-state index contributed by atoms with van der Waals surface area (Å²) in [5, 5.41) is 9.59. The summed E-state index contributed by atoms with van der Waals surface area (Å²) >= 11 is 11.7. The number of aromatic nitrogens is 1. The number of aliphatic hydroxyl groups is 1. The van der Waals surface area contributed by atoms with Gasteiger partial charge in [-0.05, 0) is 35.9 Å². The molecule has 0 aliphatic heterocycles. The number of rotatable bonds is 4. The number of benzene rings is 1. The van der Waals surface area contributed by atoms with Crippen LogP contribution in [0.3, 0.4) is 0 Å². The van der Waals surface area contributed by atoms with E-state index in [9.17, 15) is 8.42 Å². The van der Waals surface area contributed by atoms with E-state index in [-0.39, 0.29) is 22.3 Å². The molecule has 0 unspecified atom stereocenters. The van der Waals surface area contributed by atoms with Crippen LogP contribution < -0.4 is 4.72 Å². The minimum atomic E-state index is -3.85. The van der Waals surface area contributed by atoms with Crippen molar-refractivity contribution in [2.24, 2.45) is 0 Å². The van der Waals surface area contributed by atoms with Crippen molar-refractivity contribution in [2.75, 3.05) is 4.72 Å². The van der Waals surface area contributed by atoms with Gasteiger partial charge in [0, 0.05) is 11.2 Å². The predicted molar refractivity (Wildman–Crippen MR) is 77.4 cm³/mol. The molecule has 0 saturated heterocycles. The lowest BCUT2D eigenvalue weighted by Gasteiger charge is -2.10. The molecular weight excluding hydrogens is 323 g/mol. The van der Waals surface area contributed by atoms with Crippen LogP contribution in [0.5, 0.6) is 0 Å². The van der Waals surface area contributed by atoms with Gasteiger partial charge in [-0.3, -0.25) is 4.72 Å². The quantitative estimate of drug-likeness (QED) is 0.902. The fraction of sp³-hybridized carbons (Fsp3) is 0.0833. The van der Waals surface area contributed by atoms with Gasteiger partial charge in [0.15, 0.2) is 5.82 Å². The number of aliphatic hydroxyl groups excluding tert-OH is 1. The molecule has 2 N–H and O–H groups in total. The van der Waals surface area contributed by atoms with Crippen LogP contribution in [0.2, 0.25) is 10.0 Å². The third-order valence-corrected chi connectivity index (χ3v) is 4.50. The molecule has 20 heavy (non-hydrogen) atoms. The van der Waals surface area contributed by atoms with Gasteiger partial charge in [-0.1, -0.05) is 23.2 Å². The Morgan fingerprint density at radius 1 is 1.20 bits per heavy atom. The standard InChI is InChI=1S/C12H10Cl2N2O3S/c13-10-4-3-9(6-8(10)7-17)20(18,19)16-12-11(14)2-1-5-15-12/h1-6,17H,7H2,(H,15,16). The number of anilines is 1. The van der Waals surface area contributed by atoms with Crippen molar-refractivity contribution in [2.45, 2.75) is 11.5 Å². The van der Waals surface area contributed by atoms with Gasteiger partial charge >= 0.3 is 0 Å². The van der Waals surface area contributed by atoms with E-state index < -0.39 is 10.0 Å². The third-order valence-electron chi connectivity index (χ3n) is 2.49. The highest BCUT2D eigenvalue weighted by atomic mass is 35.5. The van der Waals surface area contributed by atoms with E-state index in [4.69, 9.17) is 28.3 Å². The second-order valence-corrected chi connectivity index (χ2v) is 6.35. The highest BCUT2D eigenvalue weighted by Crippen LogP contribution is 2.24. The van der Waals surface area contributed by atoms with Gasteiger partial charge in [0.25, 0.3) is 10.0 Å². The predicted octanol–water partition coefficient (Wildman–Crippen LogP) is 2.68. The Hall–Kier alpha value is -1.34. The molecule has 0 atom stereocenters. The van der Waals surface area contributed by atoms with Gasteiger partial charge in [-0.2, -0.15) is 0 Å². The smallest absolute Gasteiger partial charge is 0.263 e. The van der Waals surface area contributed by atoms with Gasteiger partial charge in [-0.25, -0.2) is 13.4 Å². The zero-order valence-electron chi connectivity index (χ0n) is 10.0. The van der Waals surface area contributed by atoms with Crippen LogP contribution in [0.1, 0.15) is 5.56 Å². The van der Waals surface area contributed by atoms with Gasteiger partial charge in [0.1, 0.15) is 0 Å². The summed E-state index contributed by atoms with van der Waals surface area (Å²) in [7, 11) is -3.85. The maximum atomic E-state index is 12.2. The molecule has 2 rings (SSSR count). The molecule has 5 nitrogen and oxygen atoms in total. The summed E-state index contributed by atoms with van der Waals surface area (Å²) < 4.78 is 26.7. The summed E-state index contributed by atoms with van der Waals surface area (Å²) in [6.07, 6.45) is 1.42. The minimum Gasteiger partial charge on any atom is -0.392 e. The zero-order valence-corrected chi connectivity index (χ0v) is 12.4. The first-order valence-corrected chi connectivity index (χ1v) is 7.70. The van der Waals surface area contributed by atoms with Crippen molar-refractivity contribution >= 4 is 39.0 Å². The topological polar surface area (TPSA) is 79.3 Å². The molecule has 0 fully saturated rings. The average Bonchev–Trinajstić information content (AvgIpc) is 2.41. The van der Waals surface area contributed by atoms with E-state index in [0.29, 0.717) is 10.6 Å². The normalized spacial score (nSPS) is 11.3. The van der Waals surface area contributed by atoms with Crippen LogP contribution in [-0.2, 0) is 16.6 Å². The molecule has 1 aromatic carbocycles. The molecule has 2 aromatic rings. The minimum absolute atomic E-state index is 0.0346. The largest absolute Gasteiger partial charge is 0.392 e. The lowest BCUT2D eigenvalue weighted by Crippen LogP contribution is -2.14. The lowest BCUT2D eigenvalue weighted by molar-refractivity contribution is 0.281. The van der Waals surface area contributed by atoms with Crippen molar-refractivity contribution in [3.8, 4) is 0 Å². The molecule has 0 aliphatic rings. The van der Waals surface area contributed by atoms with Crippen molar-refractivity contribution in [3.63, 3.8) is 0 Å². The van der Waals surface area contributed by atoms with E-state index >= 15 is 0 Å². The highest BCUT2D eigenvalue weighted by molar-refractivity contribution is 7.92. The number of hydrogen-bond donors (Lipinski definition) is 2. The van der Waals surface area contributed by atoms with E-state index in [1.165, 1.54) is 30.5 Å². The summed E-state index contributed by atoms with van der Waals surface area (Å²) in [4.78, 5) is 3.82. The zero-order chi connectivity index (χ0) is 14.8. The second-order valence-electron chi connectivity index (χ2n) is 3.85. The summed E-state index contributed by atoms with van der Waals surface area (Å²) in [6.45, 7) is -0.355. The first-order valence-electron chi connectivity index (χ1n) is 5.46. The molecule has 8 heteroatoms. The molecule has 106 valence electrons. The van der Waals surface area contributed by atoms with E-state index in [2.05, 4.69) is 9.71 Å². The summed E-state index contributed by atoms with van der Waals surface area (Å²) in [5.41, 5.74) is 0.321. The Kier molecular flexibility index (Phi) is 4.49. The fourth-order valence-corrected chi connectivity index (χ4v) is 2.97. The van der Waals surface area contributed by atoms with Crippen LogP contribution >= 0.6 is 23.2 Å². The Bertz CT molecular complexity index is 735. The monoisotopic (exact) mass is 332 g/mol. The van der Waals surface area contributed by atoms with Crippen molar-refractivity contribution < 1.29 is 13.5 Å². The van der Waals surface area contributed by atoms with Crippen molar-refractivity contribution in [1.29, 1.82) is 0 Å². The maximum absolute atomic E-state index is 12.2. The number of nitrogens with one attached hydrogen (secondary N) is 1. The summed E-state index contributed by atoms with van der Waals surface area (Å²) in [6, 6.07) is 7.14. The average molecular weight is 333 g/mol. The SMILES string of the molecule is O=S(=O)(Nc1ncccc1Cl)c1ccc(Cl)c(CO)c1. The lowest BCUT2D eigenvalue weighted by atomic mass is 10.2. The Morgan fingerprint density at radius 3 is 2.60 bits per heavy atom. The third kappa shape index (κ3) is 3.21. The molecule has 1 aromatic heterocycles. The second kappa shape index (κ2) is 5.97. The Morgan fingerprint density at radius 2 is 1.95 bits per heavy atom. The molecule has 0 spiro atoms. The highest BCUT2D eigenvalue weighted by Gasteiger charge is 2.17. The molecular formula is C12H10Cl2N2O3S. The molecule has 0 amide bonds. The van der Waals surface area contributed by atoms with Crippen LogP contribution in [0, 0.1) is 0 Å². The van der Waals surface area contributed by atoms with Crippen LogP contribution in [0.25, 0.3) is 0 Å². The first-order chi connectivity index (χ1) is 9.44. The molecule has 0 radical (unpaired) electrons. The van der Waals surface area contributed by atoms with Gasteiger partial charge < -0.3 is 5.11 Å². The van der Waals surface area contributed by atoms with Crippen LogP contribution in [0.4, 0.5) is 5.82 Å². The number of pyridine rings is 1. The first kappa shape index (κ1) is 15.1. The van der Waals surface area contributed by atoms with Crippen molar-refractivity contribution in [1.82, 2.24) is 4.98 Å². The number of hydrogen-bond acceptors (Lipinski definition) is 4. The van der Waals surface area contributed by atoms with E-state index in [1.54, 1.807) is 6.07 Å². The molecule has 1 heterocycles. The van der Waals surface area contributed by atoms with Crippen LogP contribution in [-0.4, -0.2) is 18.5 Å².